The molecule has 0 bridgehead atoms. The van der Waals surface area contributed by atoms with E-state index in [-0.39, 0.29) is 11.3 Å². The van der Waals surface area contributed by atoms with E-state index in [1.165, 1.54) is 32.2 Å². The predicted octanol–water partition coefficient (Wildman–Crippen LogP) is 0.389. The zero-order chi connectivity index (χ0) is 15.3. The second-order valence-electron chi connectivity index (χ2n) is 3.94. The molecule has 0 spiro atoms. The Kier molecular flexibility index (Phi) is 4.90. The van der Waals surface area contributed by atoms with Gasteiger partial charge in [-0.1, -0.05) is 0 Å². The molecule has 5 N–H and O–H groups in total. The molecule has 108 valence electrons. The number of hydrogen-bond acceptors (Lipinski definition) is 4. The Hall–Kier alpha value is -2.77. The van der Waals surface area contributed by atoms with E-state index in [9.17, 15) is 14.4 Å². The minimum absolute atomic E-state index is 0.0241. The van der Waals surface area contributed by atoms with Crippen molar-refractivity contribution in [1.82, 2.24) is 5.32 Å². The summed E-state index contributed by atoms with van der Waals surface area (Å²) in [6, 6.07) is 2.60. The monoisotopic (exact) mass is 281 g/mol. The number of anilines is 1. The van der Waals surface area contributed by atoms with Crippen molar-refractivity contribution in [3.63, 3.8) is 0 Å². The molecule has 1 unspecified atom stereocenters. The summed E-state index contributed by atoms with van der Waals surface area (Å²) in [5.74, 6) is -1.70. The van der Waals surface area contributed by atoms with Crippen molar-refractivity contribution in [2.45, 2.75) is 13.0 Å². The van der Waals surface area contributed by atoms with Crippen molar-refractivity contribution in [3.8, 4) is 5.75 Å². The molecule has 0 aliphatic carbocycles. The Balaban J connectivity index is 2.81. The van der Waals surface area contributed by atoms with Crippen molar-refractivity contribution >= 4 is 23.6 Å². The van der Waals surface area contributed by atoms with Gasteiger partial charge in [-0.15, -0.1) is 0 Å². The molecule has 0 saturated heterocycles. The third kappa shape index (κ3) is 3.87. The van der Waals surface area contributed by atoms with Gasteiger partial charge in [-0.2, -0.15) is 0 Å². The maximum atomic E-state index is 11.6. The van der Waals surface area contributed by atoms with Crippen LogP contribution in [0.3, 0.4) is 0 Å². The van der Waals surface area contributed by atoms with Crippen LogP contribution in [0.25, 0.3) is 0 Å². The van der Waals surface area contributed by atoms with Crippen LogP contribution in [0.4, 0.5) is 10.5 Å². The standard InChI is InChI=1S/C12H15N3O5/c1-6(10(13)16)14-12(19)15-7-3-4-8(11(17)18)9(5-7)20-2/h3-6H,1-2H3,(H2,13,16)(H,17,18)(H2,14,15,19). The fraction of sp³-hybridized carbons (Fsp3) is 0.250. The number of carbonyl (C=O) groups is 3. The van der Waals surface area contributed by atoms with E-state index in [1.54, 1.807) is 0 Å². The third-order valence-corrected chi connectivity index (χ3v) is 2.46. The normalized spacial score (nSPS) is 11.3. The minimum Gasteiger partial charge on any atom is -0.496 e. The number of methoxy groups -OCH3 is 1. The molecule has 1 aromatic carbocycles. The van der Waals surface area contributed by atoms with E-state index < -0.39 is 23.9 Å². The predicted molar refractivity (Wildman–Crippen MR) is 70.8 cm³/mol. The number of carboxylic acids is 1. The summed E-state index contributed by atoms with van der Waals surface area (Å²) < 4.78 is 4.92. The largest absolute Gasteiger partial charge is 0.496 e. The molecule has 0 radical (unpaired) electrons. The first-order chi connectivity index (χ1) is 9.35. The molecule has 20 heavy (non-hydrogen) atoms. The van der Waals surface area contributed by atoms with Crippen molar-refractivity contribution in [2.24, 2.45) is 5.73 Å². The van der Waals surface area contributed by atoms with E-state index in [4.69, 9.17) is 15.6 Å². The molecular formula is C12H15N3O5. The Morgan fingerprint density at radius 2 is 2.00 bits per heavy atom. The van der Waals surface area contributed by atoms with Gasteiger partial charge in [0.05, 0.1) is 7.11 Å². The average molecular weight is 281 g/mol. The van der Waals surface area contributed by atoms with Crippen molar-refractivity contribution in [1.29, 1.82) is 0 Å². The molecule has 0 aromatic heterocycles. The highest BCUT2D eigenvalue weighted by atomic mass is 16.5. The van der Waals surface area contributed by atoms with E-state index in [1.807, 2.05) is 0 Å². The van der Waals surface area contributed by atoms with Gasteiger partial charge >= 0.3 is 12.0 Å². The lowest BCUT2D eigenvalue weighted by molar-refractivity contribution is -0.119. The van der Waals surface area contributed by atoms with Crippen molar-refractivity contribution in [3.05, 3.63) is 23.8 Å². The van der Waals surface area contributed by atoms with Crippen LogP contribution in [0.1, 0.15) is 17.3 Å². The Morgan fingerprint density at radius 3 is 2.50 bits per heavy atom. The summed E-state index contributed by atoms with van der Waals surface area (Å²) in [5, 5.41) is 13.7. The van der Waals surface area contributed by atoms with Crippen LogP contribution in [0, 0.1) is 0 Å². The summed E-state index contributed by atoms with van der Waals surface area (Å²) in [7, 11) is 1.32. The smallest absolute Gasteiger partial charge is 0.339 e. The number of primary amides is 1. The molecule has 0 aliphatic heterocycles. The fourth-order valence-corrected chi connectivity index (χ4v) is 1.38. The molecule has 0 saturated carbocycles. The quantitative estimate of drug-likeness (QED) is 0.620. The molecule has 8 heteroatoms. The van der Waals surface area contributed by atoms with Gasteiger partial charge in [-0.05, 0) is 19.1 Å². The number of nitrogens with one attached hydrogen (secondary N) is 2. The number of rotatable bonds is 5. The van der Waals surface area contributed by atoms with Gasteiger partial charge in [0.1, 0.15) is 17.4 Å². The summed E-state index contributed by atoms with van der Waals surface area (Å²) in [6.07, 6.45) is 0. The van der Waals surface area contributed by atoms with Crippen molar-refractivity contribution < 1.29 is 24.2 Å². The zero-order valence-electron chi connectivity index (χ0n) is 11.0. The second kappa shape index (κ2) is 6.41. The SMILES string of the molecule is COc1cc(NC(=O)NC(C)C(N)=O)ccc1C(=O)O. The first-order valence-corrected chi connectivity index (χ1v) is 5.63. The van der Waals surface area contributed by atoms with Crippen LogP contribution in [-0.2, 0) is 4.79 Å². The molecular weight excluding hydrogens is 266 g/mol. The van der Waals surface area contributed by atoms with Gasteiger partial charge in [0.2, 0.25) is 5.91 Å². The summed E-state index contributed by atoms with van der Waals surface area (Å²) in [4.78, 5) is 33.3. The van der Waals surface area contributed by atoms with Crippen LogP contribution >= 0.6 is 0 Å². The molecule has 1 rings (SSSR count). The number of carboxylic acid groups (broad SMARTS) is 1. The average Bonchev–Trinajstić information content (AvgIpc) is 2.37. The van der Waals surface area contributed by atoms with Gasteiger partial charge in [-0.3, -0.25) is 4.79 Å². The number of urea groups is 1. The van der Waals surface area contributed by atoms with E-state index in [0.717, 1.165) is 0 Å². The Morgan fingerprint density at radius 1 is 1.35 bits per heavy atom. The number of aromatic carboxylic acids is 1. The minimum atomic E-state index is -1.14. The number of carbonyl (C=O) groups excluding carboxylic acids is 2. The number of amides is 3. The highest BCUT2D eigenvalue weighted by Crippen LogP contribution is 2.23. The maximum Gasteiger partial charge on any atom is 0.339 e. The first-order valence-electron chi connectivity index (χ1n) is 5.63. The molecule has 0 aliphatic rings. The first kappa shape index (κ1) is 15.3. The van der Waals surface area contributed by atoms with Crippen LogP contribution in [0.2, 0.25) is 0 Å². The Labute approximate surface area is 114 Å². The summed E-state index contributed by atoms with van der Waals surface area (Å²) >= 11 is 0. The molecule has 0 fully saturated rings. The number of ether oxygens (including phenoxy) is 1. The van der Waals surface area contributed by atoms with Crippen LogP contribution in [0.15, 0.2) is 18.2 Å². The highest BCUT2D eigenvalue weighted by Gasteiger charge is 2.14. The van der Waals surface area contributed by atoms with E-state index >= 15 is 0 Å². The fourth-order valence-electron chi connectivity index (χ4n) is 1.38. The number of hydrogen-bond donors (Lipinski definition) is 4. The van der Waals surface area contributed by atoms with E-state index in [2.05, 4.69) is 10.6 Å². The highest BCUT2D eigenvalue weighted by molar-refractivity contribution is 5.95. The molecule has 0 heterocycles. The lowest BCUT2D eigenvalue weighted by Gasteiger charge is -2.12. The topological polar surface area (TPSA) is 131 Å². The molecule has 3 amide bonds. The molecule has 1 atom stereocenters. The third-order valence-electron chi connectivity index (χ3n) is 2.46. The van der Waals surface area contributed by atoms with E-state index in [0.29, 0.717) is 5.69 Å². The van der Waals surface area contributed by atoms with Gasteiger partial charge < -0.3 is 26.2 Å². The summed E-state index contributed by atoms with van der Waals surface area (Å²) in [5.41, 5.74) is 5.31. The maximum absolute atomic E-state index is 11.6. The summed E-state index contributed by atoms with van der Waals surface area (Å²) in [6.45, 7) is 1.44. The van der Waals surface area contributed by atoms with Gasteiger partial charge in [0, 0.05) is 11.8 Å². The Bertz CT molecular complexity index is 544. The number of benzene rings is 1. The lowest BCUT2D eigenvalue weighted by atomic mass is 10.2. The van der Waals surface area contributed by atoms with Gasteiger partial charge in [-0.25, -0.2) is 9.59 Å². The van der Waals surface area contributed by atoms with Gasteiger partial charge in [0.25, 0.3) is 0 Å². The van der Waals surface area contributed by atoms with Crippen LogP contribution in [-0.4, -0.2) is 36.2 Å². The second-order valence-corrected chi connectivity index (χ2v) is 3.94. The van der Waals surface area contributed by atoms with Crippen LogP contribution in [0.5, 0.6) is 5.75 Å². The lowest BCUT2D eigenvalue weighted by Crippen LogP contribution is -2.44. The molecule has 8 nitrogen and oxygen atoms in total. The number of nitrogens with two attached hydrogens (primary N) is 1. The van der Waals surface area contributed by atoms with Crippen molar-refractivity contribution in [2.75, 3.05) is 12.4 Å². The molecule has 1 aromatic rings. The van der Waals surface area contributed by atoms with Crippen LogP contribution < -0.4 is 21.1 Å². The van der Waals surface area contributed by atoms with Gasteiger partial charge in [0.15, 0.2) is 0 Å². The zero-order valence-corrected chi connectivity index (χ0v) is 11.0.